The van der Waals surface area contributed by atoms with Gasteiger partial charge in [-0.3, -0.25) is 0 Å². The quantitative estimate of drug-likeness (QED) is 0.417. The molecule has 0 aliphatic carbocycles. The van der Waals surface area contributed by atoms with Crippen molar-refractivity contribution in [1.29, 1.82) is 0 Å². The van der Waals surface area contributed by atoms with Crippen LogP contribution < -0.4 is 19.8 Å². The molecule has 164 valence electrons. The van der Waals surface area contributed by atoms with E-state index in [4.69, 9.17) is 17.3 Å². The first-order chi connectivity index (χ1) is 15.8. The van der Waals surface area contributed by atoms with Crippen LogP contribution in [-0.2, 0) is 12.0 Å². The summed E-state index contributed by atoms with van der Waals surface area (Å²) in [4.78, 5) is 13.5. The van der Waals surface area contributed by atoms with E-state index in [9.17, 15) is 9.30 Å². The Hall–Kier alpha value is -3.61. The number of hydrogen-bond donors (Lipinski definition) is 0. The monoisotopic (exact) mass is 440 g/mol. The molecule has 0 amide bonds. The summed E-state index contributed by atoms with van der Waals surface area (Å²) < 4.78 is 25.9. The fourth-order valence-electron chi connectivity index (χ4n) is 4.95. The minimum Gasteiger partial charge on any atom is -0.493 e. The molecule has 2 aliphatic rings. The van der Waals surface area contributed by atoms with Gasteiger partial charge in [-0.15, -0.1) is 4.91 Å². The zero-order chi connectivity index (χ0) is 23.4. The second kappa shape index (κ2) is 7.47. The van der Waals surface area contributed by atoms with Crippen molar-refractivity contribution in [3.63, 3.8) is 0 Å². The molecule has 0 N–H and O–H groups in total. The second-order valence-corrected chi connectivity index (χ2v) is 8.83. The van der Waals surface area contributed by atoms with Gasteiger partial charge in [-0.2, -0.15) is 0 Å². The molecule has 0 saturated carbocycles. The number of halogens is 1. The van der Waals surface area contributed by atoms with E-state index in [-0.39, 0.29) is 17.0 Å². The summed E-state index contributed by atoms with van der Waals surface area (Å²) in [5.74, 6) is 0.555. The minimum absolute atomic E-state index is 0.104. The summed E-state index contributed by atoms with van der Waals surface area (Å²) in [5, 5.41) is 3.03. The minimum atomic E-state index is -0.923. The van der Waals surface area contributed by atoms with Crippen LogP contribution in [0.15, 0.2) is 65.9 Å². The highest BCUT2D eigenvalue weighted by molar-refractivity contribution is 6.38. The molecule has 0 bridgehead atoms. The Kier molecular flexibility index (Phi) is 4.81. The van der Waals surface area contributed by atoms with Crippen molar-refractivity contribution >= 4 is 30.8 Å². The van der Waals surface area contributed by atoms with Gasteiger partial charge in [-0.25, -0.2) is 4.39 Å². The lowest BCUT2D eigenvalue weighted by atomic mass is 9.75. The van der Waals surface area contributed by atoms with Gasteiger partial charge < -0.3 is 14.4 Å². The number of hydrogen-bond acceptors (Lipinski definition) is 5. The highest BCUT2D eigenvalue weighted by atomic mass is 19.1. The van der Waals surface area contributed by atoms with Crippen molar-refractivity contribution in [3.05, 3.63) is 88.1 Å². The molecular weight excluding hydrogens is 418 g/mol. The molecule has 2 radical (unpaired) electrons. The number of para-hydroxylation sites is 1. The summed E-state index contributed by atoms with van der Waals surface area (Å²) >= 11 is 0. The Bertz CT molecular complexity index is 1290. The first-order valence-electron chi connectivity index (χ1n) is 10.7. The van der Waals surface area contributed by atoms with Crippen molar-refractivity contribution in [3.8, 4) is 11.5 Å². The molecule has 0 aromatic heterocycles. The van der Waals surface area contributed by atoms with Crippen molar-refractivity contribution in [2.24, 2.45) is 5.18 Å². The number of ether oxygens (including phenoxy) is 2. The highest BCUT2D eigenvalue weighted by Crippen LogP contribution is 2.56. The van der Waals surface area contributed by atoms with E-state index in [1.807, 2.05) is 24.3 Å². The Balaban J connectivity index is 1.70. The number of nitrogens with zero attached hydrogens (tertiary/aromatic N) is 2. The maximum atomic E-state index is 13.6. The van der Waals surface area contributed by atoms with Crippen LogP contribution in [-0.4, -0.2) is 20.7 Å². The third kappa shape index (κ3) is 2.99. The maximum Gasteiger partial charge on any atom is 0.212 e. The molecule has 3 aromatic rings. The Labute approximate surface area is 193 Å². The number of nitroso groups, excluding NO2 is 1. The van der Waals surface area contributed by atoms with E-state index >= 15 is 0 Å². The predicted molar refractivity (Wildman–Crippen MR) is 128 cm³/mol. The predicted octanol–water partition coefficient (Wildman–Crippen LogP) is 5.13. The molecule has 3 aromatic carbocycles. The summed E-state index contributed by atoms with van der Waals surface area (Å²) in [6.07, 6.45) is 3.85. The van der Waals surface area contributed by atoms with Crippen molar-refractivity contribution in [2.75, 3.05) is 12.0 Å². The second-order valence-electron chi connectivity index (χ2n) is 8.83. The van der Waals surface area contributed by atoms with Gasteiger partial charge in [0.25, 0.3) is 0 Å². The Morgan fingerprint density at radius 3 is 2.58 bits per heavy atom. The van der Waals surface area contributed by atoms with Gasteiger partial charge in [0.15, 0.2) is 11.5 Å². The molecule has 1 atom stereocenters. The number of fused-ring (bicyclic) bond motifs is 2. The Morgan fingerprint density at radius 1 is 1.15 bits per heavy atom. The van der Waals surface area contributed by atoms with Gasteiger partial charge in [0, 0.05) is 23.9 Å². The lowest BCUT2D eigenvalue weighted by Gasteiger charge is -2.47. The van der Waals surface area contributed by atoms with Crippen LogP contribution in [0.5, 0.6) is 11.5 Å². The molecule has 1 unspecified atom stereocenters. The van der Waals surface area contributed by atoms with Gasteiger partial charge in [-0.05, 0) is 60.5 Å². The lowest BCUT2D eigenvalue weighted by molar-refractivity contribution is 0.0494. The van der Waals surface area contributed by atoms with Crippen molar-refractivity contribution in [2.45, 2.75) is 31.5 Å². The standard InChI is InChI=1S/C26H22BFN2O3/c1-25(2)19-6-4-5-7-21(19)30(15-16-8-10-17(28)11-9-16)26(25)13-12-18-23(27)20(29-31)14-22(32-3)24(18)33-26/h4-14H,15H2,1-3H3. The maximum absolute atomic E-state index is 13.6. The molecule has 5 rings (SSSR count). The first kappa shape index (κ1) is 21.3. The first-order valence-corrected chi connectivity index (χ1v) is 10.7. The summed E-state index contributed by atoms with van der Waals surface area (Å²) in [7, 11) is 7.73. The molecule has 0 fully saturated rings. The van der Waals surface area contributed by atoms with Crippen molar-refractivity contribution < 1.29 is 13.9 Å². The molecule has 7 heteroatoms. The fourth-order valence-corrected chi connectivity index (χ4v) is 4.95. The number of anilines is 1. The number of benzene rings is 3. The van der Waals surface area contributed by atoms with E-state index in [0.717, 1.165) is 16.8 Å². The average molecular weight is 440 g/mol. The molecule has 33 heavy (non-hydrogen) atoms. The number of methoxy groups -OCH3 is 1. The van der Waals surface area contributed by atoms with E-state index in [2.05, 4.69) is 36.1 Å². The van der Waals surface area contributed by atoms with E-state index in [1.54, 1.807) is 12.1 Å². The van der Waals surface area contributed by atoms with Crippen LogP contribution in [0.2, 0.25) is 0 Å². The van der Waals surface area contributed by atoms with Gasteiger partial charge >= 0.3 is 0 Å². The van der Waals surface area contributed by atoms with Gasteiger partial charge in [0.1, 0.15) is 19.4 Å². The normalized spacial score (nSPS) is 19.7. The Morgan fingerprint density at radius 2 is 1.88 bits per heavy atom. The molecule has 2 heterocycles. The molecule has 0 saturated heterocycles. The zero-order valence-electron chi connectivity index (χ0n) is 18.6. The lowest BCUT2D eigenvalue weighted by Crippen LogP contribution is -2.59. The van der Waals surface area contributed by atoms with E-state index in [0.29, 0.717) is 23.6 Å². The van der Waals surface area contributed by atoms with Crippen LogP contribution in [0.25, 0.3) is 6.08 Å². The summed E-state index contributed by atoms with van der Waals surface area (Å²) in [5.41, 5.74) is 2.60. The van der Waals surface area contributed by atoms with Gasteiger partial charge in [0.05, 0.1) is 12.5 Å². The SMILES string of the molecule is [B]c1c(N=O)cc(OC)c2c1C=CC1(O2)N(Cc2ccc(F)cc2)c2ccccc2C1(C)C. The average Bonchev–Trinajstić information content (AvgIpc) is 2.99. The van der Waals surface area contributed by atoms with Gasteiger partial charge in [0.2, 0.25) is 5.72 Å². The van der Waals surface area contributed by atoms with Crippen LogP contribution in [0.3, 0.4) is 0 Å². The zero-order valence-corrected chi connectivity index (χ0v) is 18.6. The fraction of sp³-hybridized carbons (Fsp3) is 0.231. The highest BCUT2D eigenvalue weighted by Gasteiger charge is 2.59. The third-order valence-electron chi connectivity index (χ3n) is 6.77. The summed E-state index contributed by atoms with van der Waals surface area (Å²) in [6, 6.07) is 16.1. The molecule has 1 spiro atoms. The topological polar surface area (TPSA) is 51.1 Å². The smallest absolute Gasteiger partial charge is 0.212 e. The number of rotatable bonds is 4. The van der Waals surface area contributed by atoms with Crippen LogP contribution in [0.4, 0.5) is 15.8 Å². The van der Waals surface area contributed by atoms with Crippen LogP contribution in [0, 0.1) is 10.7 Å². The van der Waals surface area contributed by atoms with Gasteiger partial charge in [-0.1, -0.05) is 35.8 Å². The van der Waals surface area contributed by atoms with Crippen LogP contribution in [0.1, 0.15) is 30.5 Å². The molecule has 5 nitrogen and oxygen atoms in total. The molecule has 2 aliphatic heterocycles. The molecular formula is C26H22BFN2O3. The summed E-state index contributed by atoms with van der Waals surface area (Å²) in [6.45, 7) is 4.75. The largest absolute Gasteiger partial charge is 0.493 e. The van der Waals surface area contributed by atoms with Crippen molar-refractivity contribution in [1.82, 2.24) is 0 Å². The van der Waals surface area contributed by atoms with E-state index in [1.165, 1.54) is 25.3 Å². The van der Waals surface area contributed by atoms with E-state index < -0.39 is 11.1 Å². The van der Waals surface area contributed by atoms with Crippen LogP contribution >= 0.6 is 0 Å². The third-order valence-corrected chi connectivity index (χ3v) is 6.77.